The lowest BCUT2D eigenvalue weighted by atomic mass is 9.88. The smallest absolute Gasteiger partial charge is 0.364 e. The minimum atomic E-state index is -2.78. The Balaban J connectivity index is 3.07. The first-order chi connectivity index (χ1) is 9.62. The first-order valence-corrected chi connectivity index (χ1v) is 6.18. The largest absolute Gasteiger partial charge is 0.477 e. The number of nitrogens with one attached hydrogen (secondary N) is 1. The molecular weight excluding hydrogens is 290 g/mol. The summed E-state index contributed by atoms with van der Waals surface area (Å²) in [7, 11) is 0. The molecule has 6 atom stereocenters. The highest BCUT2D eigenvalue weighted by atomic mass is 16.7. The van der Waals surface area contributed by atoms with Gasteiger partial charge in [-0.3, -0.25) is 4.79 Å². The molecule has 0 radical (unpaired) electrons. The lowest BCUT2D eigenvalue weighted by Crippen LogP contribution is -2.67. The maximum Gasteiger partial charge on any atom is 0.364 e. The number of amides is 1. The zero-order valence-corrected chi connectivity index (χ0v) is 11.2. The van der Waals surface area contributed by atoms with E-state index in [4.69, 9.17) is 14.9 Å². The fourth-order valence-electron chi connectivity index (χ4n) is 2.14. The van der Waals surface area contributed by atoms with Crippen LogP contribution >= 0.6 is 0 Å². The Morgan fingerprint density at radius 2 is 2.00 bits per heavy atom. The average Bonchev–Trinajstić information content (AvgIpc) is 2.39. The number of carbonyl (C=O) groups excluding carboxylic acids is 1. The molecule has 1 rings (SSSR count). The number of aliphatic carboxylic acids is 1. The standard InChI is InChI=1S/C11H19NO9/c1-4(14)12-7-5(15)2-11(20,10(18)19)21-9(7)8(17)6(16)3-13/h5-9,13,15-17,20H,2-3H2,1H3,(H,12,14)(H,18,19)/t5?,6-,7-,8-,9-,11?/m1/s1. The van der Waals surface area contributed by atoms with Crippen LogP contribution in [-0.2, 0) is 14.3 Å². The number of aliphatic hydroxyl groups is 5. The van der Waals surface area contributed by atoms with Crippen LogP contribution in [-0.4, -0.2) is 85.4 Å². The Hall–Kier alpha value is -1.30. The molecule has 21 heavy (non-hydrogen) atoms. The van der Waals surface area contributed by atoms with E-state index in [0.717, 1.165) is 6.92 Å². The molecule has 1 saturated heterocycles. The molecule has 10 nitrogen and oxygen atoms in total. The molecule has 10 heteroatoms. The highest BCUT2D eigenvalue weighted by Crippen LogP contribution is 2.30. The SMILES string of the molecule is CC(=O)N[C@@H]1C(O)CC(O)(C(=O)O)O[C@H]1[C@H](O)[C@H](O)CO. The van der Waals surface area contributed by atoms with Gasteiger partial charge in [0.25, 0.3) is 5.79 Å². The van der Waals surface area contributed by atoms with Crippen molar-refractivity contribution in [2.75, 3.05) is 6.61 Å². The van der Waals surface area contributed by atoms with Crippen molar-refractivity contribution >= 4 is 11.9 Å². The van der Waals surface area contributed by atoms with Gasteiger partial charge in [0.2, 0.25) is 5.91 Å². The third kappa shape index (κ3) is 3.87. The molecule has 0 aromatic heterocycles. The van der Waals surface area contributed by atoms with Crippen molar-refractivity contribution in [2.45, 2.75) is 49.6 Å². The predicted molar refractivity (Wildman–Crippen MR) is 64.8 cm³/mol. The van der Waals surface area contributed by atoms with E-state index in [9.17, 15) is 30.0 Å². The number of carbonyl (C=O) groups is 2. The fraction of sp³-hybridized carbons (Fsp3) is 0.818. The van der Waals surface area contributed by atoms with Gasteiger partial charge in [0.15, 0.2) is 0 Å². The predicted octanol–water partition coefficient (Wildman–Crippen LogP) is -3.87. The van der Waals surface area contributed by atoms with E-state index in [0.29, 0.717) is 0 Å². The van der Waals surface area contributed by atoms with E-state index < -0.39 is 61.1 Å². The van der Waals surface area contributed by atoms with Gasteiger partial charge in [0.05, 0.1) is 18.8 Å². The second-order valence-corrected chi connectivity index (χ2v) is 4.91. The second-order valence-electron chi connectivity index (χ2n) is 4.91. The van der Waals surface area contributed by atoms with Gasteiger partial charge in [-0.2, -0.15) is 0 Å². The molecule has 0 spiro atoms. The van der Waals surface area contributed by atoms with Crippen molar-refractivity contribution < 1.29 is 45.0 Å². The third-order valence-electron chi connectivity index (χ3n) is 3.21. The van der Waals surface area contributed by atoms with Gasteiger partial charge in [0, 0.05) is 13.3 Å². The van der Waals surface area contributed by atoms with Crippen LogP contribution < -0.4 is 5.32 Å². The van der Waals surface area contributed by atoms with Gasteiger partial charge in [-0.1, -0.05) is 0 Å². The lowest BCUT2D eigenvalue weighted by Gasteiger charge is -2.44. The first-order valence-electron chi connectivity index (χ1n) is 6.18. The summed E-state index contributed by atoms with van der Waals surface area (Å²) in [6.45, 7) is 0.256. The van der Waals surface area contributed by atoms with Crippen LogP contribution in [0.15, 0.2) is 0 Å². The van der Waals surface area contributed by atoms with Gasteiger partial charge in [-0.15, -0.1) is 0 Å². The van der Waals surface area contributed by atoms with Crippen molar-refractivity contribution in [3.8, 4) is 0 Å². The molecule has 2 unspecified atom stereocenters. The summed E-state index contributed by atoms with van der Waals surface area (Å²) >= 11 is 0. The third-order valence-corrected chi connectivity index (χ3v) is 3.21. The highest BCUT2D eigenvalue weighted by molar-refractivity contribution is 5.76. The lowest BCUT2D eigenvalue weighted by molar-refractivity contribution is -0.295. The van der Waals surface area contributed by atoms with Crippen LogP contribution in [0.3, 0.4) is 0 Å². The molecule has 1 aliphatic rings. The van der Waals surface area contributed by atoms with Crippen molar-refractivity contribution in [3.05, 3.63) is 0 Å². The summed E-state index contributed by atoms with van der Waals surface area (Å²) in [6.07, 6.45) is -7.48. The normalized spacial score (nSPS) is 35.8. The van der Waals surface area contributed by atoms with Gasteiger partial charge >= 0.3 is 5.97 Å². The van der Waals surface area contributed by atoms with Crippen molar-refractivity contribution in [1.82, 2.24) is 5.32 Å². The first kappa shape index (κ1) is 17.8. The number of carboxylic acid groups (broad SMARTS) is 1. The molecule has 0 aliphatic carbocycles. The zero-order valence-electron chi connectivity index (χ0n) is 11.2. The van der Waals surface area contributed by atoms with Gasteiger partial charge < -0.3 is 40.7 Å². The Bertz CT molecular complexity index is 403. The van der Waals surface area contributed by atoms with Crippen LogP contribution in [0.25, 0.3) is 0 Å². The molecule has 1 heterocycles. The molecule has 7 N–H and O–H groups in total. The van der Waals surface area contributed by atoms with Crippen LogP contribution in [0.4, 0.5) is 0 Å². The maximum atomic E-state index is 11.1. The Morgan fingerprint density at radius 1 is 1.43 bits per heavy atom. The van der Waals surface area contributed by atoms with E-state index in [1.807, 2.05) is 0 Å². The summed E-state index contributed by atoms with van der Waals surface area (Å²) < 4.78 is 4.86. The zero-order chi connectivity index (χ0) is 16.4. The fourth-order valence-corrected chi connectivity index (χ4v) is 2.14. The summed E-state index contributed by atoms with van der Waals surface area (Å²) in [5.41, 5.74) is 0. The molecular formula is C11H19NO9. The second kappa shape index (κ2) is 6.64. The number of rotatable bonds is 5. The van der Waals surface area contributed by atoms with E-state index in [-0.39, 0.29) is 0 Å². The molecule has 1 fully saturated rings. The van der Waals surface area contributed by atoms with E-state index >= 15 is 0 Å². The number of hydrogen-bond donors (Lipinski definition) is 7. The molecule has 0 saturated carbocycles. The minimum Gasteiger partial charge on any atom is -0.477 e. The topological polar surface area (TPSA) is 177 Å². The van der Waals surface area contributed by atoms with E-state index in [1.165, 1.54) is 0 Å². The minimum absolute atomic E-state index is 0.598. The summed E-state index contributed by atoms with van der Waals surface area (Å²) in [5.74, 6) is -5.17. The molecule has 0 aromatic rings. The summed E-state index contributed by atoms with van der Waals surface area (Å²) in [5, 5.41) is 59.0. The van der Waals surface area contributed by atoms with Crippen LogP contribution in [0.5, 0.6) is 0 Å². The van der Waals surface area contributed by atoms with Gasteiger partial charge in [-0.05, 0) is 0 Å². The van der Waals surface area contributed by atoms with Gasteiger partial charge in [0.1, 0.15) is 18.3 Å². The van der Waals surface area contributed by atoms with Crippen LogP contribution in [0.1, 0.15) is 13.3 Å². The molecule has 1 amide bonds. The van der Waals surface area contributed by atoms with Crippen molar-refractivity contribution in [1.29, 1.82) is 0 Å². The number of hydrogen-bond acceptors (Lipinski definition) is 8. The molecule has 1 aliphatic heterocycles. The average molecular weight is 309 g/mol. The Kier molecular flexibility index (Phi) is 5.61. The summed E-state index contributed by atoms with van der Waals surface area (Å²) in [6, 6.07) is -1.27. The van der Waals surface area contributed by atoms with Crippen LogP contribution in [0.2, 0.25) is 0 Å². The maximum absolute atomic E-state index is 11.1. The Morgan fingerprint density at radius 3 is 2.43 bits per heavy atom. The van der Waals surface area contributed by atoms with E-state index in [2.05, 4.69) is 5.32 Å². The van der Waals surface area contributed by atoms with E-state index in [1.54, 1.807) is 0 Å². The van der Waals surface area contributed by atoms with Crippen molar-refractivity contribution in [2.24, 2.45) is 0 Å². The van der Waals surface area contributed by atoms with Gasteiger partial charge in [-0.25, -0.2) is 4.79 Å². The van der Waals surface area contributed by atoms with Crippen molar-refractivity contribution in [3.63, 3.8) is 0 Å². The molecule has 0 bridgehead atoms. The number of aliphatic hydroxyl groups excluding tert-OH is 4. The van der Waals surface area contributed by atoms with Crippen LogP contribution in [0, 0.1) is 0 Å². The Labute approximate surface area is 119 Å². The molecule has 0 aromatic carbocycles. The number of carboxylic acids is 1. The number of ether oxygens (including phenoxy) is 1. The molecule has 122 valence electrons. The quantitative estimate of drug-likeness (QED) is 0.268. The summed E-state index contributed by atoms with van der Waals surface area (Å²) in [4.78, 5) is 22.1. The monoisotopic (exact) mass is 309 g/mol. The highest BCUT2D eigenvalue weighted by Gasteiger charge is 2.53.